The van der Waals surface area contributed by atoms with Crippen LogP contribution in [-0.4, -0.2) is 151 Å². The van der Waals surface area contributed by atoms with Gasteiger partial charge in [0.05, 0.1) is 72.7 Å². The maximum Gasteiger partial charge on any atom is 0.303 e. The Morgan fingerprint density at radius 2 is 1.20 bits per heavy atom. The predicted molar refractivity (Wildman–Crippen MR) is 156 cm³/mol. The zero-order chi connectivity index (χ0) is 33.1. The van der Waals surface area contributed by atoms with Crippen LogP contribution in [-0.2, 0) is 57.2 Å². The lowest BCUT2D eigenvalue weighted by molar-refractivity contribution is -0.139. The van der Waals surface area contributed by atoms with Crippen molar-refractivity contribution in [3.05, 3.63) is 12.2 Å². The van der Waals surface area contributed by atoms with Gasteiger partial charge in [-0.25, -0.2) is 0 Å². The topological polar surface area (TPSA) is 217 Å². The fraction of sp³-hybridized carbons (Fsp3) is 0.714. The second kappa shape index (κ2) is 25.8. The van der Waals surface area contributed by atoms with E-state index in [-0.39, 0.29) is 84.3 Å². The molecule has 1 atom stereocenters. The van der Waals surface area contributed by atoms with Crippen LogP contribution < -0.4 is 16.0 Å². The molecule has 0 aromatic rings. The fourth-order valence-corrected chi connectivity index (χ4v) is 3.56. The maximum absolute atomic E-state index is 12.4. The van der Waals surface area contributed by atoms with Crippen molar-refractivity contribution in [1.82, 2.24) is 20.9 Å². The van der Waals surface area contributed by atoms with E-state index >= 15 is 0 Å². The average molecular weight is 647 g/mol. The highest BCUT2D eigenvalue weighted by Crippen LogP contribution is 2.04. The number of carboxylic acids is 1. The second-order valence-corrected chi connectivity index (χ2v) is 9.41. The quantitative estimate of drug-likeness (QED) is 0.0512. The van der Waals surface area contributed by atoms with E-state index < -0.39 is 35.6 Å². The summed E-state index contributed by atoms with van der Waals surface area (Å²) < 4.78 is 31.6. The lowest BCUT2D eigenvalue weighted by Crippen LogP contribution is -2.47. The van der Waals surface area contributed by atoms with Crippen molar-refractivity contribution in [3.63, 3.8) is 0 Å². The molecular formula is C28H46N4O13. The Labute approximate surface area is 262 Å². The van der Waals surface area contributed by atoms with Gasteiger partial charge in [0.2, 0.25) is 17.7 Å². The fourth-order valence-electron chi connectivity index (χ4n) is 3.56. The Hall–Kier alpha value is -3.48. The Balaban J connectivity index is 1.97. The number of carbonyl (C=O) groups excluding carboxylic acids is 5. The van der Waals surface area contributed by atoms with Crippen LogP contribution in [0.5, 0.6) is 0 Å². The molecule has 0 saturated carbocycles. The molecule has 45 heavy (non-hydrogen) atoms. The first-order chi connectivity index (χ1) is 21.7. The summed E-state index contributed by atoms with van der Waals surface area (Å²) in [7, 11) is 1.55. The summed E-state index contributed by atoms with van der Waals surface area (Å²) in [5.74, 6) is -3.14. The lowest BCUT2D eigenvalue weighted by atomic mass is 10.1. The molecule has 0 aliphatic carbocycles. The third-order valence-corrected chi connectivity index (χ3v) is 5.90. The van der Waals surface area contributed by atoms with Crippen molar-refractivity contribution in [3.8, 4) is 0 Å². The molecule has 1 rings (SSSR count). The van der Waals surface area contributed by atoms with E-state index in [9.17, 15) is 28.8 Å². The van der Waals surface area contributed by atoms with Crippen molar-refractivity contribution in [2.75, 3.05) is 99.4 Å². The smallest absolute Gasteiger partial charge is 0.303 e. The third-order valence-electron chi connectivity index (χ3n) is 5.90. The number of hydrogen-bond donors (Lipinski definition) is 4. The molecule has 0 aromatic heterocycles. The van der Waals surface area contributed by atoms with E-state index in [1.807, 2.05) is 0 Å². The van der Waals surface area contributed by atoms with Gasteiger partial charge >= 0.3 is 5.97 Å². The first-order valence-corrected chi connectivity index (χ1v) is 14.7. The highest BCUT2D eigenvalue weighted by atomic mass is 16.6. The monoisotopic (exact) mass is 646 g/mol. The van der Waals surface area contributed by atoms with E-state index in [2.05, 4.69) is 16.0 Å². The van der Waals surface area contributed by atoms with Gasteiger partial charge in [0, 0.05) is 58.2 Å². The number of nitrogens with one attached hydrogen (secondary N) is 3. The van der Waals surface area contributed by atoms with Crippen LogP contribution in [0.2, 0.25) is 0 Å². The molecule has 1 aliphatic heterocycles. The van der Waals surface area contributed by atoms with Gasteiger partial charge in [-0.3, -0.25) is 33.7 Å². The van der Waals surface area contributed by atoms with E-state index in [0.717, 1.165) is 4.90 Å². The van der Waals surface area contributed by atoms with Crippen LogP contribution in [0.25, 0.3) is 0 Å². The highest BCUT2D eigenvalue weighted by Gasteiger charge is 2.23. The number of nitrogens with zero attached hydrogens (tertiary/aromatic N) is 1. The highest BCUT2D eigenvalue weighted by molar-refractivity contribution is 6.13. The molecule has 0 radical (unpaired) electrons. The number of imide groups is 1. The van der Waals surface area contributed by atoms with Crippen molar-refractivity contribution < 1.29 is 62.3 Å². The summed E-state index contributed by atoms with van der Waals surface area (Å²) in [6.07, 6.45) is 2.03. The largest absolute Gasteiger partial charge is 0.481 e. The molecule has 1 aliphatic rings. The summed E-state index contributed by atoms with van der Waals surface area (Å²) in [4.78, 5) is 71.2. The molecular weight excluding hydrogens is 600 g/mol. The standard InChI is InChI=1S/C28H46N4O13/c1-40-14-15-42-13-9-30-28(39)22(2-5-27(37)38)31-24(34)7-11-41-16-18-44-20-21-45-19-17-43-12-8-29-23(33)6-10-32-25(35)3-4-26(32)36/h3-4,22H,2,5-21H2,1H3,(H,29,33)(H,30,39)(H,31,34)(H,37,38). The van der Waals surface area contributed by atoms with E-state index in [1.165, 1.54) is 12.2 Å². The Kier molecular flexibility index (Phi) is 22.7. The normalized spacial score (nSPS) is 13.2. The molecule has 1 unspecified atom stereocenters. The molecule has 17 nitrogen and oxygen atoms in total. The van der Waals surface area contributed by atoms with Crippen molar-refractivity contribution in [2.24, 2.45) is 0 Å². The SMILES string of the molecule is COCCOCCNC(=O)C(CCC(=O)O)NC(=O)CCOCCOCCOCCOCCNC(=O)CCN1C(=O)C=CC1=O. The van der Waals surface area contributed by atoms with Gasteiger partial charge in [0.1, 0.15) is 6.04 Å². The lowest BCUT2D eigenvalue weighted by Gasteiger charge is -2.18. The zero-order valence-electron chi connectivity index (χ0n) is 25.8. The molecule has 0 spiro atoms. The van der Waals surface area contributed by atoms with Crippen molar-refractivity contribution in [2.45, 2.75) is 31.7 Å². The minimum absolute atomic E-state index is 0.0118. The Bertz CT molecular complexity index is 929. The maximum atomic E-state index is 12.4. The number of carboxylic acid groups (broad SMARTS) is 1. The number of aliphatic carboxylic acids is 1. The Morgan fingerprint density at radius 3 is 1.76 bits per heavy atom. The van der Waals surface area contributed by atoms with Crippen LogP contribution in [0.15, 0.2) is 12.2 Å². The van der Waals surface area contributed by atoms with Gasteiger partial charge in [0.15, 0.2) is 0 Å². The minimum atomic E-state index is -1.07. The van der Waals surface area contributed by atoms with Gasteiger partial charge in [-0.2, -0.15) is 0 Å². The minimum Gasteiger partial charge on any atom is -0.481 e. The molecule has 1 heterocycles. The van der Waals surface area contributed by atoms with Gasteiger partial charge in [0.25, 0.3) is 11.8 Å². The van der Waals surface area contributed by atoms with Crippen LogP contribution in [0.4, 0.5) is 0 Å². The number of carbonyl (C=O) groups is 6. The van der Waals surface area contributed by atoms with Gasteiger partial charge in [-0.1, -0.05) is 0 Å². The summed E-state index contributed by atoms with van der Waals surface area (Å²) in [6, 6.07) is -0.988. The summed E-state index contributed by atoms with van der Waals surface area (Å²) in [6.45, 7) is 3.82. The molecule has 5 amide bonds. The van der Waals surface area contributed by atoms with Crippen LogP contribution in [0.3, 0.4) is 0 Å². The van der Waals surface area contributed by atoms with E-state index in [0.29, 0.717) is 39.6 Å². The second-order valence-electron chi connectivity index (χ2n) is 9.41. The molecule has 4 N–H and O–H groups in total. The molecule has 17 heteroatoms. The number of amides is 5. The van der Waals surface area contributed by atoms with Crippen LogP contribution in [0.1, 0.15) is 25.7 Å². The molecule has 256 valence electrons. The van der Waals surface area contributed by atoms with Gasteiger partial charge in [-0.15, -0.1) is 0 Å². The van der Waals surface area contributed by atoms with Crippen LogP contribution >= 0.6 is 0 Å². The number of ether oxygens (including phenoxy) is 6. The molecule has 0 bridgehead atoms. The summed E-state index contributed by atoms with van der Waals surface area (Å²) in [5.41, 5.74) is 0. The first-order valence-electron chi connectivity index (χ1n) is 14.7. The predicted octanol–water partition coefficient (Wildman–Crippen LogP) is -2.00. The molecule has 0 saturated heterocycles. The van der Waals surface area contributed by atoms with Gasteiger partial charge in [-0.05, 0) is 6.42 Å². The zero-order valence-corrected chi connectivity index (χ0v) is 25.8. The molecule has 0 aromatic carbocycles. The first kappa shape index (κ1) is 39.5. The van der Waals surface area contributed by atoms with Gasteiger partial charge < -0.3 is 49.5 Å². The van der Waals surface area contributed by atoms with Crippen molar-refractivity contribution in [1.29, 1.82) is 0 Å². The number of methoxy groups -OCH3 is 1. The summed E-state index contributed by atoms with van der Waals surface area (Å²) in [5, 5.41) is 16.7. The van der Waals surface area contributed by atoms with Crippen LogP contribution in [0, 0.1) is 0 Å². The average Bonchev–Trinajstić information content (AvgIpc) is 3.33. The third kappa shape index (κ3) is 21.0. The summed E-state index contributed by atoms with van der Waals surface area (Å²) >= 11 is 0. The Morgan fingerprint density at radius 1 is 0.689 bits per heavy atom. The van der Waals surface area contributed by atoms with E-state index in [1.54, 1.807) is 7.11 Å². The van der Waals surface area contributed by atoms with E-state index in [4.69, 9.17) is 33.5 Å². The number of hydrogen-bond acceptors (Lipinski definition) is 12. The number of rotatable bonds is 29. The van der Waals surface area contributed by atoms with Crippen molar-refractivity contribution >= 4 is 35.5 Å². The molecule has 0 fully saturated rings.